The van der Waals surface area contributed by atoms with E-state index in [4.69, 9.17) is 0 Å². The smallest absolute Gasteiger partial charge is 0.0293 e. The Morgan fingerprint density at radius 2 is 1.44 bits per heavy atom. The van der Waals surface area contributed by atoms with Crippen molar-refractivity contribution >= 4 is 6.21 Å². The minimum atomic E-state index is -0.164. The minimum Gasteiger partial charge on any atom is -0.269 e. The fourth-order valence-corrected chi connectivity index (χ4v) is 1.71. The summed E-state index contributed by atoms with van der Waals surface area (Å²) in [7, 11) is 0. The van der Waals surface area contributed by atoms with Gasteiger partial charge >= 0.3 is 0 Å². The third-order valence-corrected chi connectivity index (χ3v) is 3.91. The quantitative estimate of drug-likeness (QED) is 0.431. The van der Waals surface area contributed by atoms with Crippen LogP contribution in [-0.4, -0.2) is 6.21 Å². The second-order valence-electron chi connectivity index (χ2n) is 5.20. The lowest BCUT2D eigenvalue weighted by Gasteiger charge is -2.41. The van der Waals surface area contributed by atoms with Crippen LogP contribution in [0.2, 0.25) is 0 Å². The Bertz CT molecular complexity index is 328. The highest BCUT2D eigenvalue weighted by molar-refractivity contribution is 5.71. The van der Waals surface area contributed by atoms with Crippen molar-refractivity contribution in [3.8, 4) is 0 Å². The summed E-state index contributed by atoms with van der Waals surface area (Å²) in [4.78, 5) is 4.17. The number of rotatable bonds is 5. The van der Waals surface area contributed by atoms with E-state index < -0.39 is 0 Å². The summed E-state index contributed by atoms with van der Waals surface area (Å²) in [5.41, 5.74) is 2.57. The van der Waals surface area contributed by atoms with Crippen LogP contribution < -0.4 is 0 Å². The van der Waals surface area contributed by atoms with E-state index in [2.05, 4.69) is 59.7 Å². The van der Waals surface area contributed by atoms with Gasteiger partial charge in [0.25, 0.3) is 0 Å². The van der Waals surface area contributed by atoms with Crippen LogP contribution in [0.15, 0.2) is 41.6 Å². The van der Waals surface area contributed by atoms with Gasteiger partial charge in [0.05, 0.1) is 0 Å². The highest BCUT2D eigenvalue weighted by atomic mass is 14.7. The van der Waals surface area contributed by atoms with Gasteiger partial charge < -0.3 is 0 Å². The molecule has 0 rings (SSSR count). The molecule has 0 aromatic heterocycles. The third-order valence-electron chi connectivity index (χ3n) is 3.91. The molecule has 0 heterocycles. The van der Waals surface area contributed by atoms with Crippen LogP contribution in [0.25, 0.3) is 0 Å². The molecule has 0 saturated carbocycles. The molecule has 0 aliphatic heterocycles. The summed E-state index contributed by atoms with van der Waals surface area (Å²) < 4.78 is 0. The van der Waals surface area contributed by atoms with Gasteiger partial charge in [-0.2, -0.15) is 0 Å². The lowest BCUT2D eigenvalue weighted by Crippen LogP contribution is -2.36. The van der Waals surface area contributed by atoms with Gasteiger partial charge in [0.15, 0.2) is 0 Å². The lowest BCUT2D eigenvalue weighted by atomic mass is 9.63. The van der Waals surface area contributed by atoms with Crippen LogP contribution in [0.1, 0.15) is 55.4 Å². The molecular formula is C17H31N. The average molecular weight is 249 g/mol. The van der Waals surface area contributed by atoms with Crippen LogP contribution in [0, 0.1) is 10.8 Å². The highest BCUT2D eigenvalue weighted by Crippen LogP contribution is 2.45. The summed E-state index contributed by atoms with van der Waals surface area (Å²) in [5, 5.41) is 0. The summed E-state index contributed by atoms with van der Waals surface area (Å²) >= 11 is 0. The fourth-order valence-electron chi connectivity index (χ4n) is 1.71. The van der Waals surface area contributed by atoms with Crippen LogP contribution in [0.3, 0.4) is 0 Å². The van der Waals surface area contributed by atoms with Crippen molar-refractivity contribution in [3.63, 3.8) is 0 Å². The number of nitrogens with zero attached hydrogens (tertiary/aromatic N) is 1. The van der Waals surface area contributed by atoms with Crippen molar-refractivity contribution in [2.75, 3.05) is 0 Å². The number of hydrogen-bond donors (Lipinski definition) is 0. The number of allylic oxidation sites excluding steroid dienone is 3. The zero-order chi connectivity index (χ0) is 15.0. The number of hydrogen-bond acceptors (Lipinski definition) is 1. The third kappa shape index (κ3) is 4.29. The molecule has 0 amide bonds. The lowest BCUT2D eigenvalue weighted by molar-refractivity contribution is 0.280. The van der Waals surface area contributed by atoms with Crippen LogP contribution >= 0.6 is 0 Å². The Morgan fingerprint density at radius 3 is 1.72 bits per heavy atom. The first kappa shape index (κ1) is 19.2. The van der Waals surface area contributed by atoms with Gasteiger partial charge in [-0.1, -0.05) is 58.4 Å². The molecule has 0 radical (unpaired) electrons. The Hall–Kier alpha value is -1.11. The monoisotopic (exact) mass is 249 g/mol. The molecule has 18 heavy (non-hydrogen) atoms. The van der Waals surface area contributed by atoms with Crippen molar-refractivity contribution in [1.29, 1.82) is 0 Å². The van der Waals surface area contributed by atoms with Crippen molar-refractivity contribution in [2.24, 2.45) is 15.8 Å². The summed E-state index contributed by atoms with van der Waals surface area (Å²) in [5.74, 6) is 0. The summed E-state index contributed by atoms with van der Waals surface area (Å²) in [6.45, 7) is 24.6. The van der Waals surface area contributed by atoms with Gasteiger partial charge in [-0.05, 0) is 26.2 Å². The predicted molar refractivity (Wildman–Crippen MR) is 86.2 cm³/mol. The molecular weight excluding hydrogens is 218 g/mol. The van der Waals surface area contributed by atoms with Crippen molar-refractivity contribution in [3.05, 3.63) is 36.6 Å². The molecule has 0 N–H and O–H groups in total. The summed E-state index contributed by atoms with van der Waals surface area (Å²) in [6, 6.07) is 0. The van der Waals surface area contributed by atoms with Crippen LogP contribution in [-0.2, 0) is 0 Å². The van der Waals surface area contributed by atoms with E-state index in [0.29, 0.717) is 0 Å². The molecule has 0 spiro atoms. The van der Waals surface area contributed by atoms with Crippen molar-refractivity contribution in [2.45, 2.75) is 55.4 Å². The normalized spacial score (nSPS) is 14.2. The van der Waals surface area contributed by atoms with Gasteiger partial charge in [-0.15, -0.1) is 6.58 Å². The molecule has 0 aromatic carbocycles. The van der Waals surface area contributed by atoms with Crippen molar-refractivity contribution < 1.29 is 0 Å². The Labute approximate surface area is 114 Å². The SMILES string of the molecule is C=CN=CC(C)(C=C)C(C)(C)C(C)=C(C)C.CC. The van der Waals surface area contributed by atoms with Gasteiger partial charge in [-0.25, -0.2) is 0 Å². The molecule has 1 nitrogen and oxygen atoms in total. The van der Waals surface area contributed by atoms with Gasteiger partial charge in [-0.3, -0.25) is 4.99 Å². The van der Waals surface area contributed by atoms with E-state index in [-0.39, 0.29) is 10.8 Å². The second-order valence-corrected chi connectivity index (χ2v) is 5.20. The second kappa shape index (κ2) is 8.07. The molecule has 0 aliphatic rings. The van der Waals surface area contributed by atoms with Crippen LogP contribution in [0.4, 0.5) is 0 Å². The standard InChI is InChI=1S/C15H25N.C2H6/c1-9-15(8,11-16-10-2)14(6,7)13(5)12(3)4;1-2/h9-11H,1-2H2,3-8H3;1-2H3. The fraction of sp³-hybridized carbons (Fsp3) is 0.588. The first-order chi connectivity index (χ1) is 8.23. The maximum Gasteiger partial charge on any atom is 0.0293 e. The molecule has 0 aromatic rings. The first-order valence-corrected chi connectivity index (χ1v) is 6.66. The van der Waals surface area contributed by atoms with E-state index in [1.165, 1.54) is 11.1 Å². The molecule has 1 atom stereocenters. The minimum absolute atomic E-state index is 0.0000926. The molecule has 0 saturated heterocycles. The van der Waals surface area contributed by atoms with E-state index in [0.717, 1.165) is 0 Å². The summed E-state index contributed by atoms with van der Waals surface area (Å²) in [6.07, 6.45) is 5.46. The largest absolute Gasteiger partial charge is 0.269 e. The molecule has 0 bridgehead atoms. The van der Waals surface area contributed by atoms with Gasteiger partial charge in [0.2, 0.25) is 0 Å². The maximum absolute atomic E-state index is 4.17. The van der Waals surface area contributed by atoms with Gasteiger partial charge in [0, 0.05) is 17.8 Å². The van der Waals surface area contributed by atoms with E-state index in [1.54, 1.807) is 6.20 Å². The number of aliphatic imine (C=N–C) groups is 1. The Morgan fingerprint density at radius 1 is 1.00 bits per heavy atom. The Balaban J connectivity index is 0. The van der Waals surface area contributed by atoms with E-state index >= 15 is 0 Å². The predicted octanol–water partition coefficient (Wildman–Crippen LogP) is 5.80. The zero-order valence-electron chi connectivity index (χ0n) is 13.6. The zero-order valence-corrected chi connectivity index (χ0v) is 13.6. The molecule has 1 heteroatoms. The topological polar surface area (TPSA) is 12.4 Å². The first-order valence-electron chi connectivity index (χ1n) is 6.66. The van der Waals surface area contributed by atoms with Gasteiger partial charge in [0.1, 0.15) is 0 Å². The highest BCUT2D eigenvalue weighted by Gasteiger charge is 2.38. The van der Waals surface area contributed by atoms with Crippen LogP contribution in [0.5, 0.6) is 0 Å². The van der Waals surface area contributed by atoms with Crippen molar-refractivity contribution in [1.82, 2.24) is 0 Å². The molecule has 0 fully saturated rings. The Kier molecular flexibility index (Phi) is 8.63. The molecule has 0 aliphatic carbocycles. The van der Waals surface area contributed by atoms with E-state index in [1.807, 2.05) is 26.1 Å². The van der Waals surface area contributed by atoms with E-state index in [9.17, 15) is 0 Å². The maximum atomic E-state index is 4.17. The molecule has 1 unspecified atom stereocenters. The molecule has 104 valence electrons. The average Bonchev–Trinajstić information content (AvgIpc) is 2.36.